The molecular weight excluding hydrogens is 284 g/mol. The van der Waals surface area contributed by atoms with E-state index in [0.29, 0.717) is 28.8 Å². The van der Waals surface area contributed by atoms with Gasteiger partial charge in [-0.3, -0.25) is 4.79 Å². The SMILES string of the molecule is C[C@@H]1C[C@H](N)[C@@]2(C)CC[C@H]3[C@@H](CC[C@H]4N(C)C(=O)CC[C@]34C)[C@H]12. The van der Waals surface area contributed by atoms with E-state index >= 15 is 0 Å². The second-order valence-corrected chi connectivity index (χ2v) is 9.76. The number of hydrogen-bond acceptors (Lipinski definition) is 2. The van der Waals surface area contributed by atoms with Crippen molar-refractivity contribution < 1.29 is 4.79 Å². The average molecular weight is 319 g/mol. The number of carbonyl (C=O) groups excluding carboxylic acids is 1. The first kappa shape index (κ1) is 15.9. The molecule has 1 heterocycles. The zero-order valence-electron chi connectivity index (χ0n) is 15.3. The highest BCUT2D eigenvalue weighted by molar-refractivity contribution is 5.77. The minimum Gasteiger partial charge on any atom is -0.342 e. The van der Waals surface area contributed by atoms with Gasteiger partial charge in [-0.05, 0) is 73.0 Å². The summed E-state index contributed by atoms with van der Waals surface area (Å²) < 4.78 is 0. The van der Waals surface area contributed by atoms with Crippen LogP contribution in [0.5, 0.6) is 0 Å². The first-order chi connectivity index (χ1) is 10.8. The van der Waals surface area contributed by atoms with Gasteiger partial charge in [-0.25, -0.2) is 0 Å². The van der Waals surface area contributed by atoms with Crippen LogP contribution in [0.3, 0.4) is 0 Å². The Bertz CT molecular complexity index is 520. The fourth-order valence-electron chi connectivity index (χ4n) is 7.75. The fraction of sp³-hybridized carbons (Fsp3) is 0.950. The molecule has 4 fully saturated rings. The number of fused-ring (bicyclic) bond motifs is 5. The standard InChI is InChI=1S/C20H34N2O/c1-12-11-15(21)20(3)9-7-14-13(18(12)20)5-6-16-19(14,2)10-8-17(23)22(16)4/h12-16,18H,5-11,21H2,1-4H3/t12-,13-,14+,15+,16-,18+,19-,20-/m1/s1. The number of rotatable bonds is 0. The highest BCUT2D eigenvalue weighted by Crippen LogP contribution is 2.65. The van der Waals surface area contributed by atoms with Gasteiger partial charge in [-0.15, -0.1) is 0 Å². The van der Waals surface area contributed by atoms with Crippen LogP contribution < -0.4 is 5.73 Å². The second-order valence-electron chi connectivity index (χ2n) is 9.76. The Morgan fingerprint density at radius 3 is 2.61 bits per heavy atom. The van der Waals surface area contributed by atoms with E-state index in [1.807, 2.05) is 7.05 Å². The molecule has 1 amide bonds. The van der Waals surface area contributed by atoms with Gasteiger partial charge in [0.2, 0.25) is 5.91 Å². The molecule has 130 valence electrons. The highest BCUT2D eigenvalue weighted by atomic mass is 16.2. The largest absolute Gasteiger partial charge is 0.342 e. The van der Waals surface area contributed by atoms with Crippen molar-refractivity contribution in [3.8, 4) is 0 Å². The Balaban J connectivity index is 1.68. The van der Waals surface area contributed by atoms with Gasteiger partial charge in [0.1, 0.15) is 0 Å². The third kappa shape index (κ3) is 1.95. The third-order valence-electron chi connectivity index (χ3n) is 8.94. The predicted octanol–water partition coefficient (Wildman–Crippen LogP) is 3.42. The van der Waals surface area contributed by atoms with Crippen LogP contribution in [0.1, 0.15) is 65.7 Å². The van der Waals surface area contributed by atoms with Crippen molar-refractivity contribution in [1.29, 1.82) is 0 Å². The van der Waals surface area contributed by atoms with E-state index in [-0.39, 0.29) is 0 Å². The molecule has 0 aromatic rings. The molecule has 1 saturated heterocycles. The number of carbonyl (C=O) groups is 1. The summed E-state index contributed by atoms with van der Waals surface area (Å²) >= 11 is 0. The summed E-state index contributed by atoms with van der Waals surface area (Å²) in [5, 5.41) is 0. The normalized spacial score (nSPS) is 56.0. The minimum absolute atomic E-state index is 0.333. The maximum absolute atomic E-state index is 12.2. The van der Waals surface area contributed by atoms with E-state index in [1.54, 1.807) is 0 Å². The molecule has 3 aliphatic carbocycles. The van der Waals surface area contributed by atoms with Crippen molar-refractivity contribution in [3.05, 3.63) is 0 Å². The summed E-state index contributed by atoms with van der Waals surface area (Å²) in [5.74, 6) is 3.56. The molecule has 3 nitrogen and oxygen atoms in total. The zero-order chi connectivity index (χ0) is 16.6. The van der Waals surface area contributed by atoms with E-state index < -0.39 is 0 Å². The van der Waals surface area contributed by atoms with Gasteiger partial charge in [0.25, 0.3) is 0 Å². The Morgan fingerprint density at radius 1 is 1.13 bits per heavy atom. The highest BCUT2D eigenvalue weighted by Gasteiger charge is 2.62. The van der Waals surface area contributed by atoms with Crippen molar-refractivity contribution >= 4 is 5.91 Å². The molecule has 0 radical (unpaired) electrons. The number of nitrogens with two attached hydrogens (primary N) is 1. The lowest BCUT2D eigenvalue weighted by atomic mass is 9.46. The van der Waals surface area contributed by atoms with Crippen LogP contribution in [0.25, 0.3) is 0 Å². The number of amides is 1. The average Bonchev–Trinajstić information content (AvgIpc) is 2.73. The van der Waals surface area contributed by atoms with Gasteiger partial charge in [0.05, 0.1) is 0 Å². The van der Waals surface area contributed by atoms with Crippen LogP contribution >= 0.6 is 0 Å². The number of likely N-dealkylation sites (tertiary alicyclic amines) is 1. The summed E-state index contributed by atoms with van der Waals surface area (Å²) in [7, 11) is 2.05. The van der Waals surface area contributed by atoms with Crippen molar-refractivity contribution in [2.45, 2.75) is 77.8 Å². The smallest absolute Gasteiger partial charge is 0.222 e. The molecule has 0 bridgehead atoms. The minimum atomic E-state index is 0.333. The van der Waals surface area contributed by atoms with E-state index in [2.05, 4.69) is 25.7 Å². The number of piperidine rings is 1. The summed E-state index contributed by atoms with van der Waals surface area (Å²) in [6.07, 6.45) is 8.20. The van der Waals surface area contributed by atoms with E-state index in [4.69, 9.17) is 5.73 Å². The maximum atomic E-state index is 12.2. The lowest BCUT2D eigenvalue weighted by molar-refractivity contribution is -0.158. The lowest BCUT2D eigenvalue weighted by Gasteiger charge is -2.62. The topological polar surface area (TPSA) is 46.3 Å². The van der Waals surface area contributed by atoms with Crippen LogP contribution in [0, 0.1) is 34.5 Å². The van der Waals surface area contributed by atoms with Gasteiger partial charge in [-0.2, -0.15) is 0 Å². The lowest BCUT2D eigenvalue weighted by Crippen LogP contribution is -2.62. The number of nitrogens with zero attached hydrogens (tertiary/aromatic N) is 1. The van der Waals surface area contributed by atoms with Crippen molar-refractivity contribution in [1.82, 2.24) is 4.90 Å². The van der Waals surface area contributed by atoms with Crippen LogP contribution in [0.15, 0.2) is 0 Å². The van der Waals surface area contributed by atoms with Gasteiger partial charge in [0, 0.05) is 25.6 Å². The Morgan fingerprint density at radius 2 is 1.87 bits per heavy atom. The molecule has 4 aliphatic rings. The molecule has 8 atom stereocenters. The van der Waals surface area contributed by atoms with Crippen LogP contribution in [0.4, 0.5) is 0 Å². The Hall–Kier alpha value is -0.570. The molecule has 3 heteroatoms. The van der Waals surface area contributed by atoms with Gasteiger partial charge >= 0.3 is 0 Å². The first-order valence-corrected chi connectivity index (χ1v) is 9.80. The molecule has 23 heavy (non-hydrogen) atoms. The first-order valence-electron chi connectivity index (χ1n) is 9.80. The Labute approximate surface area is 141 Å². The molecule has 0 spiro atoms. The summed E-state index contributed by atoms with van der Waals surface area (Å²) in [5.41, 5.74) is 7.28. The molecule has 3 saturated carbocycles. The van der Waals surface area contributed by atoms with Crippen molar-refractivity contribution in [2.24, 2.45) is 40.2 Å². The second kappa shape index (κ2) is 4.97. The summed E-state index contributed by atoms with van der Waals surface area (Å²) in [6.45, 7) is 7.43. The molecular formula is C20H34N2O. The summed E-state index contributed by atoms with van der Waals surface area (Å²) in [4.78, 5) is 14.3. The van der Waals surface area contributed by atoms with Crippen molar-refractivity contribution in [2.75, 3.05) is 7.05 Å². The molecule has 0 aromatic heterocycles. The van der Waals surface area contributed by atoms with E-state index in [0.717, 1.165) is 36.5 Å². The Kier molecular flexibility index (Phi) is 3.44. The third-order valence-corrected chi connectivity index (χ3v) is 8.94. The van der Waals surface area contributed by atoms with Gasteiger partial charge in [0.15, 0.2) is 0 Å². The van der Waals surface area contributed by atoms with Gasteiger partial charge < -0.3 is 10.6 Å². The van der Waals surface area contributed by atoms with Crippen LogP contribution in [-0.2, 0) is 4.79 Å². The maximum Gasteiger partial charge on any atom is 0.222 e. The molecule has 0 aromatic carbocycles. The summed E-state index contributed by atoms with van der Waals surface area (Å²) in [6, 6.07) is 0.865. The van der Waals surface area contributed by atoms with Crippen molar-refractivity contribution in [3.63, 3.8) is 0 Å². The molecule has 0 unspecified atom stereocenters. The monoisotopic (exact) mass is 318 g/mol. The fourth-order valence-corrected chi connectivity index (χ4v) is 7.75. The molecule has 4 rings (SSSR count). The van der Waals surface area contributed by atoms with E-state index in [1.165, 1.54) is 32.1 Å². The quantitative estimate of drug-likeness (QED) is 0.744. The molecule has 2 N–H and O–H groups in total. The zero-order valence-corrected chi connectivity index (χ0v) is 15.3. The molecule has 1 aliphatic heterocycles. The van der Waals surface area contributed by atoms with Gasteiger partial charge in [-0.1, -0.05) is 20.8 Å². The van der Waals surface area contributed by atoms with Crippen LogP contribution in [0.2, 0.25) is 0 Å². The van der Waals surface area contributed by atoms with Crippen LogP contribution in [-0.4, -0.2) is 29.9 Å². The predicted molar refractivity (Wildman–Crippen MR) is 92.7 cm³/mol. The number of hydrogen-bond donors (Lipinski definition) is 1. The van der Waals surface area contributed by atoms with E-state index in [9.17, 15) is 4.79 Å².